The number of thioether (sulfide) groups is 1. The van der Waals surface area contributed by atoms with Gasteiger partial charge in [-0.3, -0.25) is 19.8 Å². The van der Waals surface area contributed by atoms with Crippen molar-refractivity contribution < 1.29 is 14.8 Å². The Bertz CT molecular complexity index is 1220. The number of carbonyl (C=O) groups excluding carboxylic acids is 1. The molecule has 0 fully saturated rings. The Morgan fingerprint density at radius 2 is 1.77 bits per heavy atom. The van der Waals surface area contributed by atoms with Crippen LogP contribution in [0.15, 0.2) is 88.4 Å². The van der Waals surface area contributed by atoms with Crippen LogP contribution < -0.4 is 4.90 Å². The lowest BCUT2D eigenvalue weighted by atomic mass is 10.1. The van der Waals surface area contributed by atoms with E-state index in [2.05, 4.69) is 4.99 Å². The number of phenolic OH excluding ortho intramolecular Hbond substituents is 1. The van der Waals surface area contributed by atoms with Gasteiger partial charge in [-0.25, -0.2) is 4.99 Å². The van der Waals surface area contributed by atoms with Gasteiger partial charge in [0, 0.05) is 16.5 Å². The van der Waals surface area contributed by atoms with Gasteiger partial charge in [-0.2, -0.15) is 0 Å². The van der Waals surface area contributed by atoms with Crippen LogP contribution in [0.2, 0.25) is 0 Å². The lowest BCUT2D eigenvalue weighted by Gasteiger charge is -2.19. The molecule has 154 valence electrons. The minimum atomic E-state index is -0.606. The van der Waals surface area contributed by atoms with Gasteiger partial charge in [-0.05, 0) is 36.1 Å². The molecule has 0 aliphatic carbocycles. The Balaban J connectivity index is 1.80. The number of amides is 1. The fourth-order valence-electron chi connectivity index (χ4n) is 3.19. The first-order valence-corrected chi connectivity index (χ1v) is 10.5. The molecular weight excluding hydrogens is 414 g/mol. The van der Waals surface area contributed by atoms with Crippen molar-refractivity contribution in [3.05, 3.63) is 99.7 Å². The van der Waals surface area contributed by atoms with Crippen molar-refractivity contribution in [3.8, 4) is 5.75 Å². The Morgan fingerprint density at radius 3 is 2.39 bits per heavy atom. The van der Waals surface area contributed by atoms with Crippen LogP contribution in [0.3, 0.4) is 0 Å². The molecule has 0 saturated heterocycles. The van der Waals surface area contributed by atoms with E-state index in [1.807, 2.05) is 48.7 Å². The van der Waals surface area contributed by atoms with Crippen molar-refractivity contribution in [1.82, 2.24) is 0 Å². The number of aromatic hydroxyl groups is 1. The first-order chi connectivity index (χ1) is 15.0. The van der Waals surface area contributed by atoms with Gasteiger partial charge < -0.3 is 5.11 Å². The number of benzene rings is 3. The average molecular weight is 431 g/mol. The van der Waals surface area contributed by atoms with E-state index in [9.17, 15) is 20.0 Å². The first-order valence-electron chi connectivity index (χ1n) is 9.29. The summed E-state index contributed by atoms with van der Waals surface area (Å²) in [6.45, 7) is 0. The highest BCUT2D eigenvalue weighted by Gasteiger charge is 2.34. The third-order valence-electron chi connectivity index (χ3n) is 4.72. The molecule has 1 aliphatic rings. The molecule has 1 aliphatic heterocycles. The minimum absolute atomic E-state index is 0.124. The largest absolute Gasteiger partial charge is 0.505 e. The number of non-ortho nitro benzene ring substituents is 1. The van der Waals surface area contributed by atoms with Crippen molar-refractivity contribution in [3.63, 3.8) is 0 Å². The predicted molar refractivity (Wildman–Crippen MR) is 121 cm³/mol. The fourth-order valence-corrected chi connectivity index (χ4v) is 3.60. The summed E-state index contributed by atoms with van der Waals surface area (Å²) in [5.74, 6) is -0.476. The van der Waals surface area contributed by atoms with Crippen LogP contribution >= 0.6 is 11.8 Å². The lowest BCUT2D eigenvalue weighted by Crippen LogP contribution is -2.32. The molecule has 0 radical (unpaired) electrons. The van der Waals surface area contributed by atoms with E-state index in [1.54, 1.807) is 30.0 Å². The molecule has 0 atom stereocenters. The molecule has 0 aromatic heterocycles. The van der Waals surface area contributed by atoms with Crippen LogP contribution in [0.5, 0.6) is 5.75 Å². The number of hydrogen-bond acceptors (Lipinski definition) is 6. The van der Waals surface area contributed by atoms with Crippen LogP contribution in [-0.4, -0.2) is 28.0 Å². The Labute approximate surface area is 182 Å². The fraction of sp³-hybridized carbons (Fsp3) is 0.0435. The molecule has 4 rings (SSSR count). The number of carbonyl (C=O) groups is 1. The van der Waals surface area contributed by atoms with Crippen molar-refractivity contribution >= 4 is 41.0 Å². The summed E-state index contributed by atoms with van der Waals surface area (Å²) < 4.78 is 0. The molecular formula is C23H17N3O4S. The highest BCUT2D eigenvalue weighted by molar-refractivity contribution is 7.98. The Morgan fingerprint density at radius 1 is 1.06 bits per heavy atom. The van der Waals surface area contributed by atoms with Crippen molar-refractivity contribution in [2.75, 3.05) is 11.2 Å². The highest BCUT2D eigenvalue weighted by Crippen LogP contribution is 2.36. The van der Waals surface area contributed by atoms with Gasteiger partial charge in [0.2, 0.25) is 0 Å². The van der Waals surface area contributed by atoms with E-state index >= 15 is 0 Å². The molecule has 3 aromatic rings. The summed E-state index contributed by atoms with van der Waals surface area (Å²) in [6, 6.07) is 20.4. The zero-order chi connectivity index (χ0) is 22.0. The molecule has 1 N–H and O–H groups in total. The predicted octanol–water partition coefficient (Wildman–Crippen LogP) is 4.86. The number of anilines is 1. The van der Waals surface area contributed by atoms with Gasteiger partial charge in [0.1, 0.15) is 17.3 Å². The maximum absolute atomic E-state index is 13.3. The van der Waals surface area contributed by atoms with E-state index in [1.165, 1.54) is 17.0 Å². The van der Waals surface area contributed by atoms with Crippen LogP contribution in [0.25, 0.3) is 6.08 Å². The minimum Gasteiger partial charge on any atom is -0.505 e. The molecule has 7 nitrogen and oxygen atoms in total. The summed E-state index contributed by atoms with van der Waals surface area (Å²) in [7, 11) is 0. The number of amidine groups is 1. The van der Waals surface area contributed by atoms with E-state index in [0.29, 0.717) is 11.4 Å². The van der Waals surface area contributed by atoms with E-state index in [4.69, 9.17) is 0 Å². The van der Waals surface area contributed by atoms with Gasteiger partial charge in [-0.15, -0.1) is 11.8 Å². The number of nitro benzene ring substituents is 1. The maximum Gasteiger partial charge on any atom is 0.282 e. The maximum atomic E-state index is 13.3. The second kappa shape index (κ2) is 8.45. The molecule has 0 saturated carbocycles. The second-order valence-corrected chi connectivity index (χ2v) is 7.55. The molecule has 31 heavy (non-hydrogen) atoms. The molecule has 1 heterocycles. The van der Waals surface area contributed by atoms with Gasteiger partial charge in [-0.1, -0.05) is 42.5 Å². The van der Waals surface area contributed by atoms with Gasteiger partial charge in [0.15, 0.2) is 0 Å². The van der Waals surface area contributed by atoms with Crippen LogP contribution in [0.1, 0.15) is 11.1 Å². The lowest BCUT2D eigenvalue weighted by molar-refractivity contribution is -0.384. The third-order valence-corrected chi connectivity index (χ3v) is 5.47. The van der Waals surface area contributed by atoms with Gasteiger partial charge >= 0.3 is 0 Å². The molecule has 3 aromatic carbocycles. The molecule has 8 heteroatoms. The quantitative estimate of drug-likeness (QED) is 0.269. The zero-order valence-electron chi connectivity index (χ0n) is 16.4. The van der Waals surface area contributed by atoms with Crippen molar-refractivity contribution in [2.45, 2.75) is 4.90 Å². The van der Waals surface area contributed by atoms with E-state index in [-0.39, 0.29) is 22.8 Å². The number of nitro groups is 1. The molecule has 0 bridgehead atoms. The number of rotatable bonds is 5. The Kier molecular flexibility index (Phi) is 5.55. The van der Waals surface area contributed by atoms with Gasteiger partial charge in [0.25, 0.3) is 11.6 Å². The first kappa shape index (κ1) is 20.4. The summed E-state index contributed by atoms with van der Waals surface area (Å²) in [4.78, 5) is 30.6. The smallest absolute Gasteiger partial charge is 0.282 e. The number of phenols is 1. The number of nitrogens with zero attached hydrogens (tertiary/aromatic N) is 3. The van der Waals surface area contributed by atoms with Crippen molar-refractivity contribution in [2.24, 2.45) is 4.99 Å². The SMILES string of the molecule is CSc1ccc(C=C2N=C(c3ccccc3)N(c3ccc([N+](=O)[O-])cc3O)C2=O)cc1. The summed E-state index contributed by atoms with van der Waals surface area (Å²) in [5.41, 5.74) is 1.55. The standard InChI is InChI=1S/C23H17N3O4S/c1-31-18-10-7-15(8-11-18)13-19-23(28)25(22(24-19)16-5-3-2-4-6-16)20-12-9-17(26(29)30)14-21(20)27/h2-14,27H,1H3. The second-order valence-electron chi connectivity index (χ2n) is 6.67. The topological polar surface area (TPSA) is 96.0 Å². The summed E-state index contributed by atoms with van der Waals surface area (Å²) in [5, 5.41) is 21.5. The normalized spacial score (nSPS) is 14.7. The Hall–Kier alpha value is -3.91. The highest BCUT2D eigenvalue weighted by atomic mass is 32.2. The van der Waals surface area contributed by atoms with E-state index in [0.717, 1.165) is 16.5 Å². The zero-order valence-corrected chi connectivity index (χ0v) is 17.2. The molecule has 0 unspecified atom stereocenters. The molecule has 0 spiro atoms. The molecule has 1 amide bonds. The van der Waals surface area contributed by atoms with Crippen LogP contribution in [-0.2, 0) is 4.79 Å². The van der Waals surface area contributed by atoms with E-state index < -0.39 is 10.8 Å². The average Bonchev–Trinajstić information content (AvgIpc) is 3.10. The third kappa shape index (κ3) is 4.06. The summed E-state index contributed by atoms with van der Waals surface area (Å²) in [6.07, 6.45) is 3.66. The van der Waals surface area contributed by atoms with Gasteiger partial charge in [0.05, 0.1) is 16.7 Å². The number of hydrogen-bond donors (Lipinski definition) is 1. The van der Waals surface area contributed by atoms with Crippen LogP contribution in [0.4, 0.5) is 11.4 Å². The summed E-state index contributed by atoms with van der Waals surface area (Å²) >= 11 is 1.62. The van der Waals surface area contributed by atoms with Crippen LogP contribution in [0, 0.1) is 10.1 Å². The number of aliphatic imine (C=N–C) groups is 1. The van der Waals surface area contributed by atoms with Crippen molar-refractivity contribution in [1.29, 1.82) is 0 Å². The monoisotopic (exact) mass is 431 g/mol.